The molecule has 3 unspecified atom stereocenters. The number of amides is 2. The number of β-lactam (4-membered cyclic amide) rings is 1. The first-order chi connectivity index (χ1) is 17.8. The summed E-state index contributed by atoms with van der Waals surface area (Å²) in [5.74, 6) is -1.66. The van der Waals surface area contributed by atoms with E-state index in [1.54, 1.807) is 7.05 Å². The number of thioether (sulfide) groups is 2. The normalized spacial score (nSPS) is 27.1. The van der Waals surface area contributed by atoms with Gasteiger partial charge in [-0.25, -0.2) is 4.68 Å². The fourth-order valence-corrected chi connectivity index (χ4v) is 7.14. The highest BCUT2D eigenvalue weighted by Gasteiger charge is 2.57. The number of hydrogen-bond donors (Lipinski definition) is 3. The number of allylic oxidation sites excluding steroid dienone is 1. The Hall–Kier alpha value is -3.25. The molecule has 0 bridgehead atoms. The van der Waals surface area contributed by atoms with Crippen molar-refractivity contribution in [3.05, 3.63) is 18.0 Å². The van der Waals surface area contributed by atoms with Crippen molar-refractivity contribution < 1.29 is 24.3 Å². The van der Waals surface area contributed by atoms with Crippen molar-refractivity contribution in [2.45, 2.75) is 35.5 Å². The van der Waals surface area contributed by atoms with Crippen LogP contribution < -0.4 is 11.1 Å². The summed E-state index contributed by atoms with van der Waals surface area (Å²) in [6, 6.07) is -0.854. The number of aryl methyl sites for hydroxylation is 1. The van der Waals surface area contributed by atoms with Gasteiger partial charge < -0.3 is 25.9 Å². The van der Waals surface area contributed by atoms with Gasteiger partial charge in [-0.2, -0.15) is 9.36 Å². The number of nitrogens with zero attached hydrogens (tertiary/aromatic N) is 8. The number of rotatable bonds is 9. The molecule has 2 aromatic rings. The maximum absolute atomic E-state index is 13.1. The molecule has 5 rings (SSSR count). The molecule has 4 atom stereocenters. The van der Waals surface area contributed by atoms with E-state index in [4.69, 9.17) is 10.6 Å². The third-order valence-corrected chi connectivity index (χ3v) is 9.49. The second-order valence-corrected chi connectivity index (χ2v) is 11.5. The zero-order valence-corrected chi connectivity index (χ0v) is 21.8. The van der Waals surface area contributed by atoms with Gasteiger partial charge >= 0.3 is 5.97 Å². The molecule has 2 amide bonds. The van der Waals surface area contributed by atoms with Crippen LogP contribution in [0.4, 0.5) is 5.13 Å². The van der Waals surface area contributed by atoms with Crippen LogP contribution >= 0.6 is 35.1 Å². The second-order valence-electron chi connectivity index (χ2n) is 8.62. The van der Waals surface area contributed by atoms with E-state index in [1.807, 2.05) is 12.2 Å². The topological polar surface area (TPSA) is 204 Å². The van der Waals surface area contributed by atoms with Gasteiger partial charge in [0.2, 0.25) is 22.6 Å². The SMILES string of the molecule is Cn1nnnc1SCC1(C(=O)O)CS[C@@H]2C(NC(=O)C(=NOC3C=CCC3)c3nsc(N)n3)C(=O)N2C1. The third-order valence-electron chi connectivity index (χ3n) is 6.06. The van der Waals surface area contributed by atoms with Crippen LogP contribution in [0.1, 0.15) is 18.7 Å². The summed E-state index contributed by atoms with van der Waals surface area (Å²) in [6.07, 6.45) is 5.12. The van der Waals surface area contributed by atoms with E-state index in [0.717, 1.165) is 24.4 Å². The van der Waals surface area contributed by atoms with E-state index in [0.29, 0.717) is 5.16 Å². The largest absolute Gasteiger partial charge is 0.481 e. The van der Waals surface area contributed by atoms with Crippen molar-refractivity contribution in [3.63, 3.8) is 0 Å². The molecule has 4 heterocycles. The number of carbonyl (C=O) groups excluding carboxylic acids is 2. The number of nitrogens with two attached hydrogens (primary N) is 1. The molecule has 2 fully saturated rings. The Balaban J connectivity index is 1.26. The summed E-state index contributed by atoms with van der Waals surface area (Å²) in [5, 5.41) is 28.1. The molecule has 3 aliphatic rings. The van der Waals surface area contributed by atoms with Crippen LogP contribution in [0, 0.1) is 5.41 Å². The Kier molecular flexibility index (Phi) is 7.04. The number of nitrogens with one attached hydrogen (secondary N) is 1. The zero-order valence-electron chi connectivity index (χ0n) is 19.4. The van der Waals surface area contributed by atoms with Gasteiger partial charge in [0.1, 0.15) is 22.9 Å². The van der Waals surface area contributed by atoms with Gasteiger partial charge in [0.05, 0.1) is 0 Å². The summed E-state index contributed by atoms with van der Waals surface area (Å²) >= 11 is 3.42. The van der Waals surface area contributed by atoms with Gasteiger partial charge in [-0.1, -0.05) is 23.0 Å². The number of hydrogen-bond acceptors (Lipinski definition) is 14. The van der Waals surface area contributed by atoms with Gasteiger partial charge in [0, 0.05) is 36.6 Å². The average molecular weight is 567 g/mol. The van der Waals surface area contributed by atoms with Crippen molar-refractivity contribution in [1.29, 1.82) is 0 Å². The smallest absolute Gasteiger partial charge is 0.313 e. The van der Waals surface area contributed by atoms with Crippen molar-refractivity contribution in [1.82, 2.24) is 39.8 Å². The standard InChI is InChI=1S/C19H22N10O5S3/c1-28-18(23-26-27-28)36-8-19(16(32)33)6-29-14(31)11(15(29)35-7-19)21-13(30)10(12-22-17(20)37-25-12)24-34-9-4-2-3-5-9/h2,4,9,11,15H,3,5-8H2,1H3,(H,21,30)(H,32,33)(H2,20,22,25)/t9?,11?,15-,19?/m1/s1. The van der Waals surface area contributed by atoms with Crippen LogP contribution in [0.3, 0.4) is 0 Å². The average Bonchev–Trinajstić information content (AvgIpc) is 3.64. The van der Waals surface area contributed by atoms with Crippen LogP contribution in [-0.2, 0) is 26.3 Å². The lowest BCUT2D eigenvalue weighted by Crippen LogP contribution is -2.74. The van der Waals surface area contributed by atoms with Crippen LogP contribution in [0.15, 0.2) is 22.5 Å². The summed E-state index contributed by atoms with van der Waals surface area (Å²) < 4.78 is 5.51. The van der Waals surface area contributed by atoms with E-state index in [2.05, 4.69) is 35.4 Å². The predicted molar refractivity (Wildman–Crippen MR) is 134 cm³/mol. The zero-order chi connectivity index (χ0) is 26.2. The van der Waals surface area contributed by atoms with Gasteiger partial charge in [-0.3, -0.25) is 14.4 Å². The molecule has 2 aromatic heterocycles. The lowest BCUT2D eigenvalue weighted by atomic mass is 9.89. The number of carboxylic acids is 1. The molecule has 2 aliphatic heterocycles. The minimum atomic E-state index is -1.19. The Labute approximate surface area is 222 Å². The molecular weight excluding hydrogens is 544 g/mol. The number of carbonyl (C=O) groups is 3. The molecule has 1 aliphatic carbocycles. The molecule has 0 spiro atoms. The minimum absolute atomic E-state index is 0.00193. The summed E-state index contributed by atoms with van der Waals surface area (Å²) in [5.41, 5.74) is 4.30. The Bertz CT molecular complexity index is 1280. The Morgan fingerprint density at radius 2 is 2.30 bits per heavy atom. The first kappa shape index (κ1) is 25.4. The predicted octanol–water partition coefficient (Wildman–Crippen LogP) is -0.654. The molecule has 0 radical (unpaired) electrons. The lowest BCUT2D eigenvalue weighted by Gasteiger charge is -2.53. The molecule has 2 saturated heterocycles. The fourth-order valence-electron chi connectivity index (χ4n) is 3.99. The molecular formula is C19H22N10O5S3. The first-order valence-electron chi connectivity index (χ1n) is 11.1. The second kappa shape index (κ2) is 10.3. The monoisotopic (exact) mass is 566 g/mol. The van der Waals surface area contributed by atoms with E-state index in [1.165, 1.54) is 33.1 Å². The third kappa shape index (κ3) is 4.99. The maximum atomic E-state index is 13.1. The number of aliphatic carboxylic acids is 1. The molecule has 18 heteroatoms. The number of oxime groups is 1. The molecule has 0 aromatic carbocycles. The fraction of sp³-hybridized carbons (Fsp3) is 0.526. The quantitative estimate of drug-likeness (QED) is 0.114. The van der Waals surface area contributed by atoms with Gasteiger partial charge in [0.25, 0.3) is 5.91 Å². The van der Waals surface area contributed by atoms with Gasteiger partial charge in [-0.15, -0.1) is 16.9 Å². The van der Waals surface area contributed by atoms with E-state index < -0.39 is 28.7 Å². The summed E-state index contributed by atoms with van der Waals surface area (Å²) in [6.45, 7) is 0.00569. The van der Waals surface area contributed by atoms with Crippen molar-refractivity contribution in [3.8, 4) is 0 Å². The molecule has 4 N–H and O–H groups in total. The minimum Gasteiger partial charge on any atom is -0.481 e. The number of fused-ring (bicyclic) bond motifs is 1. The Morgan fingerprint density at radius 1 is 1.46 bits per heavy atom. The molecule has 15 nitrogen and oxygen atoms in total. The van der Waals surface area contributed by atoms with Crippen LogP contribution in [0.25, 0.3) is 0 Å². The van der Waals surface area contributed by atoms with Crippen LogP contribution in [-0.4, -0.2) is 98.6 Å². The highest BCUT2D eigenvalue weighted by atomic mass is 32.2. The van der Waals surface area contributed by atoms with Crippen molar-refractivity contribution >= 4 is 63.7 Å². The van der Waals surface area contributed by atoms with E-state index in [9.17, 15) is 19.5 Å². The number of anilines is 1. The first-order valence-corrected chi connectivity index (χ1v) is 13.9. The summed E-state index contributed by atoms with van der Waals surface area (Å²) in [4.78, 5) is 49.3. The highest BCUT2D eigenvalue weighted by molar-refractivity contribution is 8.00. The van der Waals surface area contributed by atoms with E-state index in [-0.39, 0.29) is 46.7 Å². The molecule has 196 valence electrons. The number of carboxylic acid groups (broad SMARTS) is 1. The number of tetrazole rings is 1. The molecule has 0 saturated carbocycles. The van der Waals surface area contributed by atoms with Crippen LogP contribution in [0.2, 0.25) is 0 Å². The molecule has 37 heavy (non-hydrogen) atoms. The van der Waals surface area contributed by atoms with Crippen LogP contribution in [0.5, 0.6) is 0 Å². The maximum Gasteiger partial charge on any atom is 0.313 e. The van der Waals surface area contributed by atoms with Crippen molar-refractivity contribution in [2.75, 3.05) is 23.8 Å². The summed E-state index contributed by atoms with van der Waals surface area (Å²) in [7, 11) is 1.66. The van der Waals surface area contributed by atoms with Gasteiger partial charge in [0.15, 0.2) is 5.13 Å². The Morgan fingerprint density at radius 3 is 2.95 bits per heavy atom. The number of aromatic nitrogens is 6. The lowest BCUT2D eigenvalue weighted by molar-refractivity contribution is -0.157. The number of nitrogen functional groups attached to an aromatic ring is 1. The van der Waals surface area contributed by atoms with E-state index >= 15 is 0 Å². The highest BCUT2D eigenvalue weighted by Crippen LogP contribution is 2.44. The van der Waals surface area contributed by atoms with Crippen molar-refractivity contribution in [2.24, 2.45) is 17.6 Å². The van der Waals surface area contributed by atoms with Gasteiger partial charge in [-0.05, 0) is 29.3 Å².